The van der Waals surface area contributed by atoms with E-state index in [0.717, 1.165) is 0 Å². The van der Waals surface area contributed by atoms with Gasteiger partial charge in [-0.05, 0) is 42.0 Å². The number of carbonyl (C=O) groups is 2. The average molecular weight is 363 g/mol. The SMILES string of the molecule is COC(=O)C(c1ccccc1)N(C(=O)c1ccccc1)c1ccc(F)cc1. The molecule has 3 aromatic rings. The van der Waals surface area contributed by atoms with E-state index >= 15 is 0 Å². The lowest BCUT2D eigenvalue weighted by atomic mass is 10.0. The summed E-state index contributed by atoms with van der Waals surface area (Å²) in [5.41, 5.74) is 1.40. The lowest BCUT2D eigenvalue weighted by Gasteiger charge is -2.30. The zero-order valence-corrected chi connectivity index (χ0v) is 14.7. The maximum absolute atomic E-state index is 13.4. The number of rotatable bonds is 5. The summed E-state index contributed by atoms with van der Waals surface area (Å²) in [4.78, 5) is 27.3. The Balaban J connectivity index is 2.16. The summed E-state index contributed by atoms with van der Waals surface area (Å²) in [5.74, 6) is -1.41. The molecule has 1 unspecified atom stereocenters. The molecule has 1 atom stereocenters. The number of carbonyl (C=O) groups excluding carboxylic acids is 2. The first-order valence-electron chi connectivity index (χ1n) is 8.39. The Kier molecular flexibility index (Phi) is 5.61. The van der Waals surface area contributed by atoms with Crippen LogP contribution in [0, 0.1) is 5.82 Å². The Hall–Kier alpha value is -3.47. The normalized spacial score (nSPS) is 11.5. The number of amides is 1. The van der Waals surface area contributed by atoms with E-state index in [1.165, 1.54) is 36.3 Å². The molecule has 0 saturated heterocycles. The number of anilines is 1. The molecular formula is C22H18FNO3. The summed E-state index contributed by atoms with van der Waals surface area (Å²) >= 11 is 0. The van der Waals surface area contributed by atoms with Gasteiger partial charge in [0.1, 0.15) is 5.82 Å². The quantitative estimate of drug-likeness (QED) is 0.632. The Morgan fingerprint density at radius 1 is 0.852 bits per heavy atom. The summed E-state index contributed by atoms with van der Waals surface area (Å²) in [6.07, 6.45) is 0. The van der Waals surface area contributed by atoms with E-state index in [2.05, 4.69) is 0 Å². The van der Waals surface area contributed by atoms with Crippen LogP contribution in [0.15, 0.2) is 84.9 Å². The summed E-state index contributed by atoms with van der Waals surface area (Å²) < 4.78 is 18.4. The highest BCUT2D eigenvalue weighted by Crippen LogP contribution is 2.30. The van der Waals surface area contributed by atoms with Gasteiger partial charge in [0.05, 0.1) is 7.11 Å². The molecule has 0 saturated carbocycles. The minimum atomic E-state index is -1.01. The largest absolute Gasteiger partial charge is 0.467 e. The molecule has 0 aliphatic heterocycles. The third-order valence-electron chi connectivity index (χ3n) is 4.14. The van der Waals surface area contributed by atoms with Gasteiger partial charge in [0, 0.05) is 11.3 Å². The van der Waals surface area contributed by atoms with Crippen LogP contribution >= 0.6 is 0 Å². The summed E-state index contributed by atoms with van der Waals surface area (Å²) in [5, 5.41) is 0. The van der Waals surface area contributed by atoms with Crippen molar-refractivity contribution in [3.8, 4) is 0 Å². The molecule has 0 bridgehead atoms. The van der Waals surface area contributed by atoms with Crippen LogP contribution in [0.3, 0.4) is 0 Å². The van der Waals surface area contributed by atoms with Gasteiger partial charge < -0.3 is 4.74 Å². The molecule has 3 rings (SSSR count). The van der Waals surface area contributed by atoms with Gasteiger partial charge in [-0.25, -0.2) is 9.18 Å². The van der Waals surface area contributed by atoms with Crippen molar-refractivity contribution in [1.29, 1.82) is 0 Å². The topological polar surface area (TPSA) is 46.6 Å². The monoisotopic (exact) mass is 363 g/mol. The van der Waals surface area contributed by atoms with Crippen molar-refractivity contribution in [2.45, 2.75) is 6.04 Å². The van der Waals surface area contributed by atoms with Crippen molar-refractivity contribution >= 4 is 17.6 Å². The molecule has 136 valence electrons. The van der Waals surface area contributed by atoms with Gasteiger partial charge in [-0.3, -0.25) is 9.69 Å². The first kappa shape index (κ1) is 18.3. The lowest BCUT2D eigenvalue weighted by Crippen LogP contribution is -2.39. The van der Waals surface area contributed by atoms with E-state index in [4.69, 9.17) is 4.74 Å². The fourth-order valence-corrected chi connectivity index (χ4v) is 2.84. The summed E-state index contributed by atoms with van der Waals surface area (Å²) in [6.45, 7) is 0. The molecule has 0 heterocycles. The summed E-state index contributed by atoms with van der Waals surface area (Å²) in [7, 11) is 1.27. The minimum Gasteiger partial charge on any atom is -0.467 e. The van der Waals surface area contributed by atoms with Gasteiger partial charge in [0.25, 0.3) is 5.91 Å². The molecule has 5 heteroatoms. The number of hydrogen-bond acceptors (Lipinski definition) is 3. The fourth-order valence-electron chi connectivity index (χ4n) is 2.84. The molecule has 0 fully saturated rings. The summed E-state index contributed by atoms with van der Waals surface area (Å²) in [6, 6.07) is 21.9. The molecule has 0 spiro atoms. The molecule has 0 aliphatic carbocycles. The van der Waals surface area contributed by atoms with Crippen LogP contribution < -0.4 is 4.90 Å². The third-order valence-corrected chi connectivity index (χ3v) is 4.14. The highest BCUT2D eigenvalue weighted by Gasteiger charge is 2.34. The third kappa shape index (κ3) is 4.03. The zero-order valence-electron chi connectivity index (χ0n) is 14.7. The maximum Gasteiger partial charge on any atom is 0.333 e. The second-order valence-electron chi connectivity index (χ2n) is 5.85. The second kappa shape index (κ2) is 8.27. The number of hydrogen-bond donors (Lipinski definition) is 0. The predicted molar refractivity (Wildman–Crippen MR) is 101 cm³/mol. The molecule has 4 nitrogen and oxygen atoms in total. The van der Waals surface area contributed by atoms with Gasteiger partial charge in [-0.15, -0.1) is 0 Å². The zero-order chi connectivity index (χ0) is 19.2. The molecular weight excluding hydrogens is 345 g/mol. The molecule has 3 aromatic carbocycles. The van der Waals surface area contributed by atoms with Crippen LogP contribution in [0.4, 0.5) is 10.1 Å². The second-order valence-corrected chi connectivity index (χ2v) is 5.85. The molecule has 0 radical (unpaired) electrons. The van der Waals surface area contributed by atoms with Crippen molar-refractivity contribution in [2.75, 3.05) is 12.0 Å². The van der Waals surface area contributed by atoms with Crippen molar-refractivity contribution in [2.24, 2.45) is 0 Å². The van der Waals surface area contributed by atoms with E-state index in [-0.39, 0.29) is 5.91 Å². The number of nitrogens with zero attached hydrogens (tertiary/aromatic N) is 1. The van der Waals surface area contributed by atoms with Crippen LogP contribution in [0.1, 0.15) is 22.0 Å². The van der Waals surface area contributed by atoms with Gasteiger partial charge in [0.2, 0.25) is 0 Å². The molecule has 27 heavy (non-hydrogen) atoms. The van der Waals surface area contributed by atoms with Crippen molar-refractivity contribution in [3.05, 3.63) is 102 Å². The predicted octanol–water partition coefficient (Wildman–Crippen LogP) is 4.39. The smallest absolute Gasteiger partial charge is 0.333 e. The first-order valence-corrected chi connectivity index (χ1v) is 8.39. The molecule has 0 aromatic heterocycles. The van der Waals surface area contributed by atoms with Gasteiger partial charge in [0.15, 0.2) is 6.04 Å². The van der Waals surface area contributed by atoms with Crippen LogP contribution in [0.25, 0.3) is 0 Å². The van der Waals surface area contributed by atoms with Crippen LogP contribution in [-0.2, 0) is 9.53 Å². The Bertz CT molecular complexity index is 911. The van der Waals surface area contributed by atoms with Crippen molar-refractivity contribution < 1.29 is 18.7 Å². The number of halogens is 1. The standard InChI is InChI=1S/C22H18FNO3/c1-27-22(26)20(16-8-4-2-5-9-16)24(19-14-12-18(23)13-15-19)21(25)17-10-6-3-7-11-17/h2-15,20H,1H3. The fraction of sp³-hybridized carbons (Fsp3) is 0.0909. The van der Waals surface area contributed by atoms with Crippen molar-refractivity contribution in [1.82, 2.24) is 0 Å². The van der Waals surface area contributed by atoms with Gasteiger partial charge >= 0.3 is 5.97 Å². The van der Waals surface area contributed by atoms with E-state index in [9.17, 15) is 14.0 Å². The molecule has 1 amide bonds. The molecule has 0 aliphatic rings. The van der Waals surface area contributed by atoms with Gasteiger partial charge in [-0.2, -0.15) is 0 Å². The van der Waals surface area contributed by atoms with E-state index in [1.807, 2.05) is 6.07 Å². The molecule has 0 N–H and O–H groups in total. The van der Waals surface area contributed by atoms with E-state index < -0.39 is 17.8 Å². The maximum atomic E-state index is 13.4. The Morgan fingerprint density at radius 2 is 1.41 bits per heavy atom. The lowest BCUT2D eigenvalue weighted by molar-refractivity contribution is -0.142. The van der Waals surface area contributed by atoms with Crippen LogP contribution in [0.5, 0.6) is 0 Å². The van der Waals surface area contributed by atoms with Crippen LogP contribution in [-0.4, -0.2) is 19.0 Å². The van der Waals surface area contributed by atoms with E-state index in [0.29, 0.717) is 16.8 Å². The van der Waals surface area contributed by atoms with Gasteiger partial charge in [-0.1, -0.05) is 48.5 Å². The highest BCUT2D eigenvalue weighted by molar-refractivity contribution is 6.09. The first-order chi connectivity index (χ1) is 13.1. The van der Waals surface area contributed by atoms with Crippen LogP contribution in [0.2, 0.25) is 0 Å². The number of ether oxygens (including phenoxy) is 1. The minimum absolute atomic E-state index is 0.388. The van der Waals surface area contributed by atoms with E-state index in [1.54, 1.807) is 54.6 Å². The number of benzene rings is 3. The Morgan fingerprint density at radius 3 is 1.96 bits per heavy atom. The average Bonchev–Trinajstić information content (AvgIpc) is 2.73. The Labute approximate surface area is 156 Å². The number of methoxy groups -OCH3 is 1. The van der Waals surface area contributed by atoms with Crippen molar-refractivity contribution in [3.63, 3.8) is 0 Å². The number of esters is 1. The highest BCUT2D eigenvalue weighted by atomic mass is 19.1.